The normalized spacial score (nSPS) is 10.5. The Kier molecular flexibility index (Phi) is 3.79. The summed E-state index contributed by atoms with van der Waals surface area (Å²) in [5.41, 5.74) is 4.17. The zero-order valence-corrected chi connectivity index (χ0v) is 12.3. The maximum Gasteiger partial charge on any atom is 0.299 e. The van der Waals surface area contributed by atoms with Gasteiger partial charge >= 0.3 is 0 Å². The molecule has 0 unspecified atom stereocenters. The molecular formula is C15H14N4OS. The Morgan fingerprint density at radius 3 is 2.62 bits per heavy atom. The predicted molar refractivity (Wildman–Crippen MR) is 84.1 cm³/mol. The van der Waals surface area contributed by atoms with Gasteiger partial charge in [-0.1, -0.05) is 36.4 Å². The third-order valence-corrected chi connectivity index (χ3v) is 3.99. The van der Waals surface area contributed by atoms with E-state index in [0.29, 0.717) is 17.9 Å². The second-order valence-corrected chi connectivity index (χ2v) is 5.42. The van der Waals surface area contributed by atoms with Crippen molar-refractivity contribution in [1.29, 1.82) is 0 Å². The van der Waals surface area contributed by atoms with Crippen molar-refractivity contribution in [3.05, 3.63) is 69.6 Å². The molecular weight excluding hydrogens is 284 g/mol. The van der Waals surface area contributed by atoms with E-state index in [-0.39, 0.29) is 5.56 Å². The first kappa shape index (κ1) is 13.5. The molecule has 0 radical (unpaired) electrons. The molecule has 0 atom stereocenters. The monoisotopic (exact) mass is 298 g/mol. The SMILES string of the molecule is CNn1c(Cc2ccccc2)nnc(-c2cccs2)c1=O. The highest BCUT2D eigenvalue weighted by Gasteiger charge is 2.14. The summed E-state index contributed by atoms with van der Waals surface area (Å²) in [7, 11) is 1.70. The molecule has 3 rings (SSSR count). The highest BCUT2D eigenvalue weighted by molar-refractivity contribution is 7.13. The molecule has 0 saturated heterocycles. The van der Waals surface area contributed by atoms with Gasteiger partial charge in [-0.3, -0.25) is 4.79 Å². The number of nitrogens with zero attached hydrogens (tertiary/aromatic N) is 3. The average Bonchev–Trinajstić information content (AvgIpc) is 3.03. The van der Waals surface area contributed by atoms with Crippen molar-refractivity contribution >= 4 is 11.3 Å². The van der Waals surface area contributed by atoms with E-state index in [1.54, 1.807) is 7.05 Å². The summed E-state index contributed by atoms with van der Waals surface area (Å²) in [5.74, 6) is 0.592. The minimum Gasteiger partial charge on any atom is -0.324 e. The van der Waals surface area contributed by atoms with Crippen LogP contribution in [-0.4, -0.2) is 21.9 Å². The summed E-state index contributed by atoms with van der Waals surface area (Å²) >= 11 is 1.48. The number of thiophene rings is 1. The third-order valence-electron chi connectivity index (χ3n) is 3.11. The molecule has 5 nitrogen and oxygen atoms in total. The lowest BCUT2D eigenvalue weighted by Gasteiger charge is -2.11. The molecule has 0 aliphatic carbocycles. The summed E-state index contributed by atoms with van der Waals surface area (Å²) in [6.45, 7) is 0. The van der Waals surface area contributed by atoms with Crippen LogP contribution in [-0.2, 0) is 6.42 Å². The van der Waals surface area contributed by atoms with Gasteiger partial charge in [0, 0.05) is 13.5 Å². The molecule has 0 saturated carbocycles. The fraction of sp³-hybridized carbons (Fsp3) is 0.133. The largest absolute Gasteiger partial charge is 0.324 e. The molecule has 3 aromatic rings. The van der Waals surface area contributed by atoms with Crippen LogP contribution in [0, 0.1) is 0 Å². The van der Waals surface area contributed by atoms with Crippen molar-refractivity contribution in [1.82, 2.24) is 14.9 Å². The second kappa shape index (κ2) is 5.88. The van der Waals surface area contributed by atoms with Crippen LogP contribution in [0.2, 0.25) is 0 Å². The van der Waals surface area contributed by atoms with Crippen molar-refractivity contribution in [2.75, 3.05) is 12.5 Å². The number of nitrogens with one attached hydrogen (secondary N) is 1. The van der Waals surface area contributed by atoms with Crippen molar-refractivity contribution in [2.24, 2.45) is 0 Å². The van der Waals surface area contributed by atoms with Gasteiger partial charge in [0.25, 0.3) is 5.56 Å². The van der Waals surface area contributed by atoms with E-state index in [1.165, 1.54) is 16.0 Å². The molecule has 0 amide bonds. The lowest BCUT2D eigenvalue weighted by Crippen LogP contribution is -2.33. The molecule has 6 heteroatoms. The summed E-state index contributed by atoms with van der Waals surface area (Å²) in [6, 6.07) is 13.6. The van der Waals surface area contributed by atoms with Crippen molar-refractivity contribution in [3.8, 4) is 10.6 Å². The van der Waals surface area contributed by atoms with Gasteiger partial charge in [-0.25, -0.2) is 4.68 Å². The quantitative estimate of drug-likeness (QED) is 0.801. The zero-order chi connectivity index (χ0) is 14.7. The Morgan fingerprint density at radius 1 is 1.14 bits per heavy atom. The molecule has 0 spiro atoms. The van der Waals surface area contributed by atoms with Gasteiger partial charge in [-0.05, 0) is 17.0 Å². The minimum atomic E-state index is -0.180. The Bertz CT molecular complexity index is 781. The highest BCUT2D eigenvalue weighted by atomic mass is 32.1. The average molecular weight is 298 g/mol. The molecule has 2 aromatic heterocycles. The number of hydrogen-bond acceptors (Lipinski definition) is 5. The molecule has 0 aliphatic rings. The number of aromatic nitrogens is 3. The van der Waals surface area contributed by atoms with Crippen molar-refractivity contribution in [2.45, 2.75) is 6.42 Å². The van der Waals surface area contributed by atoms with E-state index >= 15 is 0 Å². The fourth-order valence-corrected chi connectivity index (χ4v) is 2.81. The van der Waals surface area contributed by atoms with Crippen LogP contribution in [0.25, 0.3) is 10.6 Å². The predicted octanol–water partition coefficient (Wildman–Crippen LogP) is 2.13. The third kappa shape index (κ3) is 2.71. The molecule has 1 aromatic carbocycles. The maximum atomic E-state index is 12.5. The van der Waals surface area contributed by atoms with E-state index in [2.05, 4.69) is 15.6 Å². The Labute approximate surface area is 125 Å². The van der Waals surface area contributed by atoms with Crippen LogP contribution in [0.3, 0.4) is 0 Å². The summed E-state index contributed by atoms with van der Waals surface area (Å²) in [4.78, 5) is 13.3. The van der Waals surface area contributed by atoms with Crippen LogP contribution in [0.15, 0.2) is 52.6 Å². The molecule has 106 valence electrons. The number of hydrogen-bond donors (Lipinski definition) is 1. The smallest absolute Gasteiger partial charge is 0.299 e. The molecule has 21 heavy (non-hydrogen) atoms. The van der Waals surface area contributed by atoms with Gasteiger partial charge in [0.05, 0.1) is 4.88 Å². The van der Waals surface area contributed by atoms with Crippen molar-refractivity contribution in [3.63, 3.8) is 0 Å². The van der Waals surface area contributed by atoms with Gasteiger partial charge in [0.1, 0.15) is 0 Å². The zero-order valence-electron chi connectivity index (χ0n) is 11.5. The second-order valence-electron chi connectivity index (χ2n) is 4.47. The van der Waals surface area contributed by atoms with Crippen LogP contribution in [0.5, 0.6) is 0 Å². The Balaban J connectivity index is 2.03. The fourth-order valence-electron chi connectivity index (χ4n) is 2.11. The van der Waals surface area contributed by atoms with E-state index in [4.69, 9.17) is 0 Å². The van der Waals surface area contributed by atoms with E-state index in [9.17, 15) is 4.79 Å². The van der Waals surface area contributed by atoms with Gasteiger partial charge in [0.15, 0.2) is 11.5 Å². The summed E-state index contributed by atoms with van der Waals surface area (Å²) in [5, 5.41) is 10.2. The first-order chi connectivity index (χ1) is 10.3. The lowest BCUT2D eigenvalue weighted by atomic mass is 10.1. The first-order valence-corrected chi connectivity index (χ1v) is 7.41. The Hall–Kier alpha value is -2.47. The summed E-state index contributed by atoms with van der Waals surface area (Å²) < 4.78 is 1.45. The van der Waals surface area contributed by atoms with Crippen LogP contribution < -0.4 is 11.0 Å². The van der Waals surface area contributed by atoms with Crippen LogP contribution >= 0.6 is 11.3 Å². The molecule has 0 bridgehead atoms. The Morgan fingerprint density at radius 2 is 1.95 bits per heavy atom. The maximum absolute atomic E-state index is 12.5. The molecule has 2 heterocycles. The molecule has 0 fully saturated rings. The molecule has 1 N–H and O–H groups in total. The van der Waals surface area contributed by atoms with Crippen LogP contribution in [0.1, 0.15) is 11.4 Å². The van der Waals surface area contributed by atoms with Gasteiger partial charge < -0.3 is 5.43 Å². The molecule has 0 aliphatic heterocycles. The number of rotatable bonds is 4. The topological polar surface area (TPSA) is 59.8 Å². The van der Waals surface area contributed by atoms with Gasteiger partial charge in [-0.2, -0.15) is 0 Å². The number of benzene rings is 1. The van der Waals surface area contributed by atoms with Crippen molar-refractivity contribution < 1.29 is 0 Å². The minimum absolute atomic E-state index is 0.180. The van der Waals surface area contributed by atoms with Crippen LogP contribution in [0.4, 0.5) is 0 Å². The van der Waals surface area contributed by atoms with Gasteiger partial charge in [0.2, 0.25) is 0 Å². The standard InChI is InChI=1S/C15H14N4OS/c1-16-19-13(10-11-6-3-2-4-7-11)17-18-14(15(19)20)12-8-5-9-21-12/h2-9,16H,10H2,1H3. The van der Waals surface area contributed by atoms with E-state index in [1.807, 2.05) is 47.8 Å². The lowest BCUT2D eigenvalue weighted by molar-refractivity contribution is 0.719. The highest BCUT2D eigenvalue weighted by Crippen LogP contribution is 2.18. The van der Waals surface area contributed by atoms with E-state index in [0.717, 1.165) is 10.4 Å². The first-order valence-electron chi connectivity index (χ1n) is 6.54. The van der Waals surface area contributed by atoms with Gasteiger partial charge in [-0.15, -0.1) is 21.5 Å². The van der Waals surface area contributed by atoms with E-state index < -0.39 is 0 Å². The summed E-state index contributed by atoms with van der Waals surface area (Å²) in [6.07, 6.45) is 0.550.